The Morgan fingerprint density at radius 2 is 1.06 bits per heavy atom. The molecule has 0 fully saturated rings. The van der Waals surface area contributed by atoms with Gasteiger partial charge in [0.25, 0.3) is 0 Å². The second kappa shape index (κ2) is 8.38. The zero-order valence-corrected chi connectivity index (χ0v) is 11.9. The van der Waals surface area contributed by atoms with Gasteiger partial charge >= 0.3 is 0 Å². The summed E-state index contributed by atoms with van der Waals surface area (Å²) in [6, 6.07) is 8.48. The lowest BCUT2D eigenvalue weighted by molar-refractivity contribution is 0.476. The second-order valence-corrected chi connectivity index (χ2v) is 5.52. The monoisotopic (exact) mass is 223 g/mol. The molecule has 0 bridgehead atoms. The molecule has 1 radical (unpaired) electrons. The average Bonchev–Trinajstić information content (AvgIpc) is 2.20. The van der Waals surface area contributed by atoms with E-state index in [9.17, 15) is 0 Å². The molecular weight excluding hydrogens is 192 g/mol. The molecule has 0 heterocycles. The molecule has 0 aliphatic rings. The lowest BCUT2D eigenvalue weighted by Gasteiger charge is -2.05. The Kier molecular flexibility index (Phi) is 7.97. The summed E-state index contributed by atoms with van der Waals surface area (Å²) in [5.74, 6) is 1.77. The van der Waals surface area contributed by atoms with Crippen LogP contribution < -0.4 is 0 Å². The maximum Gasteiger partial charge on any atom is 0 e. The quantitative estimate of drug-likeness (QED) is 0.613. The molecule has 0 aliphatic carbocycles. The van der Waals surface area contributed by atoms with Crippen LogP contribution in [0.25, 0.3) is 0 Å². The summed E-state index contributed by atoms with van der Waals surface area (Å²) >= 11 is 0. The maximum atomic E-state index is 2.28. The van der Waals surface area contributed by atoms with Gasteiger partial charge in [0.05, 0.1) is 0 Å². The van der Waals surface area contributed by atoms with E-state index in [0.29, 0.717) is 0 Å². The Bertz CT molecular complexity index is 234. The third kappa shape index (κ3) is 9.76. The molecule has 0 nitrogen and oxygen atoms in total. The predicted octanol–water partition coefficient (Wildman–Crippen LogP) is 5.74. The van der Waals surface area contributed by atoms with Crippen molar-refractivity contribution in [2.45, 2.75) is 54.4 Å². The van der Waals surface area contributed by atoms with Gasteiger partial charge < -0.3 is 0 Å². The van der Waals surface area contributed by atoms with Gasteiger partial charge in [-0.3, -0.25) is 0 Å². The smallest absolute Gasteiger partial charge is 0 e. The van der Waals surface area contributed by atoms with E-state index >= 15 is 0 Å². The topological polar surface area (TPSA) is 0 Å². The first-order chi connectivity index (χ1) is 7.41. The summed E-state index contributed by atoms with van der Waals surface area (Å²) in [7, 11) is 0. The van der Waals surface area contributed by atoms with Gasteiger partial charge in [-0.15, -0.1) is 0 Å². The Morgan fingerprint density at radius 1 is 0.812 bits per heavy atom. The highest BCUT2D eigenvalue weighted by Crippen LogP contribution is 2.09. The van der Waals surface area contributed by atoms with Crippen LogP contribution in [0.15, 0.2) is 24.3 Å². The molecule has 16 heavy (non-hydrogen) atoms. The van der Waals surface area contributed by atoms with Gasteiger partial charge in [0, 0.05) is 2.85 Å². The number of hydrogen-bond acceptors (Lipinski definition) is 0. The molecule has 0 saturated carbocycles. The summed E-state index contributed by atoms with van der Waals surface area (Å²) < 4.78 is 0. The fourth-order valence-electron chi connectivity index (χ4n) is 1.30. The first-order valence-corrected chi connectivity index (χ1v) is 6.45. The van der Waals surface area contributed by atoms with Gasteiger partial charge in [-0.1, -0.05) is 75.9 Å². The molecule has 0 heteroatoms. The van der Waals surface area contributed by atoms with E-state index in [4.69, 9.17) is 0 Å². The largest absolute Gasteiger partial charge is 0.0628 e. The first-order valence-electron chi connectivity index (χ1n) is 6.45. The molecule has 0 saturated heterocycles. The van der Waals surface area contributed by atoms with Crippen LogP contribution in [0.3, 0.4) is 0 Å². The van der Waals surface area contributed by atoms with E-state index in [0.717, 1.165) is 11.8 Å². The molecule has 0 amide bonds. The number of hydrogen-bond donors (Lipinski definition) is 0. The second-order valence-electron chi connectivity index (χ2n) is 5.52. The minimum absolute atomic E-state index is 0. The molecule has 1 aromatic carbocycles. The molecule has 1 aromatic rings. The van der Waals surface area contributed by atoms with Crippen molar-refractivity contribution < 1.29 is 2.85 Å². The van der Waals surface area contributed by atoms with Crippen LogP contribution in [-0.2, 0) is 0 Å². The Balaban J connectivity index is -0.000000225. The number of rotatable bonds is 3. The minimum Gasteiger partial charge on any atom is -0.0628 e. The van der Waals surface area contributed by atoms with E-state index in [1.165, 1.54) is 24.0 Å². The van der Waals surface area contributed by atoms with Gasteiger partial charge in [-0.25, -0.2) is 0 Å². The van der Waals surface area contributed by atoms with E-state index in [1.54, 1.807) is 0 Å². The van der Waals surface area contributed by atoms with Crippen LogP contribution in [0.2, 0.25) is 0 Å². The normalized spacial score (nSPS) is 10.2. The first kappa shape index (κ1) is 15.2. The van der Waals surface area contributed by atoms with E-state index in [2.05, 4.69) is 65.8 Å². The van der Waals surface area contributed by atoms with E-state index < -0.39 is 0 Å². The molecule has 95 valence electrons. The van der Waals surface area contributed by atoms with Gasteiger partial charge in [-0.2, -0.15) is 0 Å². The molecule has 0 N–H and O–H groups in total. The molecule has 0 unspecified atom stereocenters. The highest BCUT2D eigenvalue weighted by Gasteiger charge is 1.95. The fraction of sp³-hybridized carbons (Fsp3) is 0.625. The molecule has 0 atom stereocenters. The SMILES string of the molecule is CC(C)CCC(C)C.Cc1ccc(C)cc1.[HH].[H]. The van der Waals surface area contributed by atoms with Crippen molar-refractivity contribution in [2.24, 2.45) is 11.8 Å². The number of aryl methyl sites for hydroxylation is 2. The molecule has 0 aromatic heterocycles. The lowest BCUT2D eigenvalue weighted by atomic mass is 10.0. The van der Waals surface area contributed by atoms with Crippen LogP contribution in [0.4, 0.5) is 0 Å². The molecular formula is C16H31. The van der Waals surface area contributed by atoms with Crippen LogP contribution in [0, 0.1) is 25.7 Å². The van der Waals surface area contributed by atoms with Crippen molar-refractivity contribution in [1.82, 2.24) is 0 Å². The van der Waals surface area contributed by atoms with Crippen molar-refractivity contribution >= 4 is 0 Å². The molecule has 1 rings (SSSR count). The summed E-state index contributed by atoms with van der Waals surface area (Å²) in [6.45, 7) is 13.3. The zero-order chi connectivity index (χ0) is 12.6. The van der Waals surface area contributed by atoms with Gasteiger partial charge in [0.15, 0.2) is 0 Å². The van der Waals surface area contributed by atoms with Crippen LogP contribution in [-0.4, -0.2) is 0 Å². The van der Waals surface area contributed by atoms with Crippen LogP contribution in [0.5, 0.6) is 0 Å². The van der Waals surface area contributed by atoms with Crippen LogP contribution >= 0.6 is 0 Å². The summed E-state index contributed by atoms with van der Waals surface area (Å²) in [4.78, 5) is 0. The Morgan fingerprint density at radius 3 is 1.25 bits per heavy atom. The minimum atomic E-state index is 0. The van der Waals surface area contributed by atoms with E-state index in [-0.39, 0.29) is 2.85 Å². The standard InChI is InChI=1S/C8H10.C8H18.H2.H/c1-7-3-5-8(2)6-4-7;1-7(2)5-6-8(3)4;;/h3-6H,1-2H3;7-8H,5-6H2,1-4H3;1H;. The third-order valence-electron chi connectivity index (χ3n) is 2.54. The van der Waals surface area contributed by atoms with Gasteiger partial charge in [0.1, 0.15) is 0 Å². The highest BCUT2D eigenvalue weighted by molar-refractivity contribution is 5.19. The van der Waals surface area contributed by atoms with Crippen molar-refractivity contribution in [1.29, 1.82) is 0 Å². The maximum absolute atomic E-state index is 2.28. The summed E-state index contributed by atoms with van der Waals surface area (Å²) in [5, 5.41) is 0. The van der Waals surface area contributed by atoms with Crippen LogP contribution in [0.1, 0.15) is 54.5 Å². The molecule has 0 spiro atoms. The average molecular weight is 223 g/mol. The fourth-order valence-corrected chi connectivity index (χ4v) is 1.30. The van der Waals surface area contributed by atoms with Crippen molar-refractivity contribution in [2.75, 3.05) is 0 Å². The van der Waals surface area contributed by atoms with Gasteiger partial charge in [-0.05, 0) is 25.7 Å². The van der Waals surface area contributed by atoms with Crippen molar-refractivity contribution in [3.05, 3.63) is 35.4 Å². The number of benzene rings is 1. The summed E-state index contributed by atoms with van der Waals surface area (Å²) in [5.41, 5.74) is 2.66. The zero-order valence-electron chi connectivity index (χ0n) is 12.9. The lowest BCUT2D eigenvalue weighted by Crippen LogP contribution is -1.91. The van der Waals surface area contributed by atoms with E-state index in [1.807, 2.05) is 0 Å². The Hall–Kier alpha value is -0.780. The third-order valence-corrected chi connectivity index (χ3v) is 2.54. The highest BCUT2D eigenvalue weighted by atomic mass is 14.0. The Labute approximate surface area is 105 Å². The van der Waals surface area contributed by atoms with Gasteiger partial charge in [0.2, 0.25) is 0 Å². The molecule has 0 aliphatic heterocycles. The van der Waals surface area contributed by atoms with Crippen molar-refractivity contribution in [3.8, 4) is 0 Å². The van der Waals surface area contributed by atoms with Crippen molar-refractivity contribution in [3.63, 3.8) is 0 Å². The summed E-state index contributed by atoms with van der Waals surface area (Å²) in [6.07, 6.45) is 2.77. The predicted molar refractivity (Wildman–Crippen MR) is 78.1 cm³/mol.